The second-order valence-electron chi connectivity index (χ2n) is 7.25. The molecule has 1 aliphatic rings. The molecule has 0 saturated heterocycles. The molecule has 0 bridgehead atoms. The molecule has 0 radical (unpaired) electrons. The fourth-order valence-corrected chi connectivity index (χ4v) is 3.46. The van der Waals surface area contributed by atoms with Crippen molar-refractivity contribution < 1.29 is 24.2 Å². The number of carboxylic acid groups (broad SMARTS) is 1. The van der Waals surface area contributed by atoms with E-state index < -0.39 is 18.1 Å². The van der Waals surface area contributed by atoms with Crippen molar-refractivity contribution in [3.8, 4) is 5.75 Å². The van der Waals surface area contributed by atoms with E-state index >= 15 is 0 Å². The highest BCUT2D eigenvalue weighted by Crippen LogP contribution is 2.25. The molecule has 0 saturated carbocycles. The van der Waals surface area contributed by atoms with Crippen LogP contribution in [0.15, 0.2) is 36.4 Å². The Bertz CT molecular complexity index is 885. The number of methoxy groups -OCH3 is 1. The third-order valence-electron chi connectivity index (χ3n) is 5.06. The van der Waals surface area contributed by atoms with E-state index in [-0.39, 0.29) is 0 Å². The molecule has 8 nitrogen and oxygen atoms in total. The van der Waals surface area contributed by atoms with Gasteiger partial charge in [-0.25, -0.2) is 9.78 Å². The van der Waals surface area contributed by atoms with E-state index in [1.165, 1.54) is 12.0 Å². The molecule has 30 heavy (non-hydrogen) atoms. The first kappa shape index (κ1) is 21.6. The molecule has 3 N–H and O–H groups in total. The number of nitrogens with zero attached hydrogens (tertiary/aromatic N) is 2. The molecule has 2 heterocycles. The highest BCUT2D eigenvalue weighted by atomic mass is 16.5. The third kappa shape index (κ3) is 5.48. The quantitative estimate of drug-likeness (QED) is 0.505. The maximum atomic E-state index is 11.4. The van der Waals surface area contributed by atoms with Crippen LogP contribution in [0.5, 0.6) is 5.75 Å². The van der Waals surface area contributed by atoms with Gasteiger partial charge in [0, 0.05) is 12.2 Å². The summed E-state index contributed by atoms with van der Waals surface area (Å²) in [5.41, 5.74) is 8.54. The van der Waals surface area contributed by atoms with Gasteiger partial charge < -0.3 is 20.3 Å². The molecule has 0 spiro atoms. The Morgan fingerprint density at radius 1 is 1.23 bits per heavy atom. The number of amides is 1. The number of ether oxygens (including phenoxy) is 2. The lowest BCUT2D eigenvalue weighted by molar-refractivity contribution is -0.142. The van der Waals surface area contributed by atoms with Crippen LogP contribution in [0.2, 0.25) is 0 Å². The standard InChI is InChI=1S/C22H27N3O5/c1-29-21(26)19(23)14-15-6-10-18(11-7-15)30-13-3-5-17-9-8-16-4-2-12-25(22(27)28)20(16)24-17/h6-11,19H,2-5,12-14,23H2,1H3,(H,27,28). The van der Waals surface area contributed by atoms with Crippen molar-refractivity contribution in [2.45, 2.75) is 38.1 Å². The normalized spacial score (nSPS) is 14.0. The van der Waals surface area contributed by atoms with Crippen LogP contribution in [-0.4, -0.2) is 48.5 Å². The SMILES string of the molecule is COC(=O)C(N)Cc1ccc(OCCCc2ccc3c(n2)N(C(=O)O)CCC3)cc1. The fourth-order valence-electron chi connectivity index (χ4n) is 3.46. The van der Waals surface area contributed by atoms with Crippen molar-refractivity contribution in [2.75, 3.05) is 25.2 Å². The second-order valence-corrected chi connectivity index (χ2v) is 7.25. The first-order chi connectivity index (χ1) is 14.5. The summed E-state index contributed by atoms with van der Waals surface area (Å²) in [6, 6.07) is 10.7. The lowest BCUT2D eigenvalue weighted by Gasteiger charge is -2.26. The summed E-state index contributed by atoms with van der Waals surface area (Å²) >= 11 is 0. The van der Waals surface area contributed by atoms with E-state index in [0.717, 1.165) is 41.8 Å². The average Bonchev–Trinajstić information content (AvgIpc) is 2.76. The summed E-state index contributed by atoms with van der Waals surface area (Å²) in [5.74, 6) is 0.867. The maximum Gasteiger partial charge on any atom is 0.413 e. The van der Waals surface area contributed by atoms with Gasteiger partial charge in [0.05, 0.1) is 13.7 Å². The summed E-state index contributed by atoms with van der Waals surface area (Å²) in [6.45, 7) is 1.00. The predicted octanol–water partition coefficient (Wildman–Crippen LogP) is 2.57. The molecule has 1 amide bonds. The predicted molar refractivity (Wildman–Crippen MR) is 112 cm³/mol. The van der Waals surface area contributed by atoms with E-state index in [9.17, 15) is 14.7 Å². The summed E-state index contributed by atoms with van der Waals surface area (Å²) < 4.78 is 10.4. The van der Waals surface area contributed by atoms with Crippen LogP contribution >= 0.6 is 0 Å². The molecular formula is C22H27N3O5. The molecule has 8 heteroatoms. The average molecular weight is 413 g/mol. The minimum atomic E-state index is -0.958. The number of rotatable bonds is 8. The Balaban J connectivity index is 1.48. The van der Waals surface area contributed by atoms with E-state index in [0.29, 0.717) is 31.8 Å². The number of hydrogen-bond donors (Lipinski definition) is 2. The second kappa shape index (κ2) is 10.1. The molecular weight excluding hydrogens is 386 g/mol. The number of benzene rings is 1. The van der Waals surface area contributed by atoms with Gasteiger partial charge in [-0.2, -0.15) is 0 Å². The molecule has 1 aliphatic heterocycles. The van der Waals surface area contributed by atoms with Crippen molar-refractivity contribution in [2.24, 2.45) is 5.73 Å². The van der Waals surface area contributed by atoms with Crippen LogP contribution < -0.4 is 15.4 Å². The smallest absolute Gasteiger partial charge is 0.413 e. The van der Waals surface area contributed by atoms with Gasteiger partial charge in [-0.1, -0.05) is 18.2 Å². The van der Waals surface area contributed by atoms with Crippen LogP contribution in [0.25, 0.3) is 0 Å². The van der Waals surface area contributed by atoms with Crippen molar-refractivity contribution in [3.05, 3.63) is 53.2 Å². The van der Waals surface area contributed by atoms with E-state index in [4.69, 9.17) is 10.5 Å². The number of carbonyl (C=O) groups is 2. The van der Waals surface area contributed by atoms with Crippen LogP contribution in [0, 0.1) is 0 Å². The number of pyridine rings is 1. The zero-order valence-electron chi connectivity index (χ0n) is 17.0. The Morgan fingerprint density at radius 3 is 2.70 bits per heavy atom. The molecule has 1 aromatic carbocycles. The maximum absolute atomic E-state index is 11.4. The van der Waals surface area contributed by atoms with Crippen molar-refractivity contribution in [3.63, 3.8) is 0 Å². The van der Waals surface area contributed by atoms with E-state index in [2.05, 4.69) is 9.72 Å². The molecule has 1 aromatic heterocycles. The highest BCUT2D eigenvalue weighted by Gasteiger charge is 2.23. The lowest BCUT2D eigenvalue weighted by Crippen LogP contribution is -2.35. The molecule has 1 unspecified atom stereocenters. The van der Waals surface area contributed by atoms with Gasteiger partial charge >= 0.3 is 12.1 Å². The summed E-state index contributed by atoms with van der Waals surface area (Å²) in [4.78, 5) is 28.7. The number of aromatic nitrogens is 1. The number of hydrogen-bond acceptors (Lipinski definition) is 6. The highest BCUT2D eigenvalue weighted by molar-refractivity contribution is 5.86. The number of anilines is 1. The first-order valence-corrected chi connectivity index (χ1v) is 10.0. The van der Waals surface area contributed by atoms with Crippen LogP contribution in [0.3, 0.4) is 0 Å². The number of esters is 1. The zero-order chi connectivity index (χ0) is 21.5. The van der Waals surface area contributed by atoms with E-state index in [1.54, 1.807) is 0 Å². The molecule has 2 aromatic rings. The zero-order valence-corrected chi connectivity index (χ0v) is 17.0. The topological polar surface area (TPSA) is 115 Å². The number of aryl methyl sites for hydroxylation is 2. The van der Waals surface area contributed by atoms with Crippen LogP contribution in [0.4, 0.5) is 10.6 Å². The Labute approximate surface area is 175 Å². The van der Waals surface area contributed by atoms with E-state index in [1.807, 2.05) is 36.4 Å². The number of fused-ring (bicyclic) bond motifs is 1. The summed E-state index contributed by atoms with van der Waals surface area (Å²) in [7, 11) is 1.32. The molecule has 0 fully saturated rings. The minimum Gasteiger partial charge on any atom is -0.494 e. The van der Waals surface area contributed by atoms with Crippen molar-refractivity contribution >= 4 is 17.9 Å². The van der Waals surface area contributed by atoms with Gasteiger partial charge in [-0.15, -0.1) is 0 Å². The first-order valence-electron chi connectivity index (χ1n) is 10.0. The van der Waals surface area contributed by atoms with Gasteiger partial charge in [-0.05, 0) is 61.4 Å². The van der Waals surface area contributed by atoms with Crippen molar-refractivity contribution in [1.82, 2.24) is 4.98 Å². The number of carbonyl (C=O) groups excluding carboxylic acids is 1. The Kier molecular flexibility index (Phi) is 7.24. The third-order valence-corrected chi connectivity index (χ3v) is 5.06. The fraction of sp³-hybridized carbons (Fsp3) is 0.409. The van der Waals surface area contributed by atoms with Gasteiger partial charge in [0.1, 0.15) is 17.6 Å². The number of nitrogens with two attached hydrogens (primary N) is 1. The minimum absolute atomic E-state index is 0.407. The monoisotopic (exact) mass is 413 g/mol. The van der Waals surface area contributed by atoms with Crippen LogP contribution in [0.1, 0.15) is 29.7 Å². The summed E-state index contributed by atoms with van der Waals surface area (Å²) in [5, 5.41) is 9.36. The largest absolute Gasteiger partial charge is 0.494 e. The lowest BCUT2D eigenvalue weighted by atomic mass is 10.0. The van der Waals surface area contributed by atoms with Gasteiger partial charge in [-0.3, -0.25) is 9.69 Å². The molecule has 160 valence electrons. The summed E-state index contributed by atoms with van der Waals surface area (Å²) in [6.07, 6.45) is 2.59. The van der Waals surface area contributed by atoms with Gasteiger partial charge in [0.25, 0.3) is 0 Å². The molecule has 0 aliphatic carbocycles. The van der Waals surface area contributed by atoms with Crippen molar-refractivity contribution in [1.29, 1.82) is 0 Å². The van der Waals surface area contributed by atoms with Gasteiger partial charge in [0.2, 0.25) is 0 Å². The molecule has 1 atom stereocenters. The van der Waals surface area contributed by atoms with Gasteiger partial charge in [0.15, 0.2) is 0 Å². The Morgan fingerprint density at radius 2 is 2.00 bits per heavy atom. The Hall–Kier alpha value is -3.13. The molecule has 3 rings (SSSR count). The van der Waals surface area contributed by atoms with Crippen LogP contribution in [-0.2, 0) is 28.8 Å².